The molecule has 4 rings (SSSR count). The molecular formula is C32H50O8S. The van der Waals surface area contributed by atoms with Gasteiger partial charge in [-0.05, 0) is 96.2 Å². The van der Waals surface area contributed by atoms with Crippen molar-refractivity contribution in [3.8, 4) is 0 Å². The van der Waals surface area contributed by atoms with Crippen LogP contribution < -0.4 is 0 Å². The maximum atomic E-state index is 12.4. The number of ether oxygens (including phenoxy) is 1. The van der Waals surface area contributed by atoms with Crippen LogP contribution in [0.5, 0.6) is 0 Å². The molecule has 0 aromatic rings. The van der Waals surface area contributed by atoms with E-state index in [1.807, 2.05) is 13.8 Å². The molecule has 4 aliphatic rings. The van der Waals surface area contributed by atoms with E-state index in [1.54, 1.807) is 0 Å². The summed E-state index contributed by atoms with van der Waals surface area (Å²) in [5, 5.41) is 23.2. The molecule has 0 saturated heterocycles. The van der Waals surface area contributed by atoms with Crippen molar-refractivity contribution in [2.24, 2.45) is 39.9 Å². The largest absolute Gasteiger partial charge is 0.457 e. The number of aliphatic hydroxyl groups excluding tert-OH is 2. The molecule has 41 heavy (non-hydrogen) atoms. The average Bonchev–Trinajstić information content (AvgIpc) is 3.19. The summed E-state index contributed by atoms with van der Waals surface area (Å²) in [4.78, 5) is 12.4. The predicted octanol–water partition coefficient (Wildman–Crippen LogP) is 5.57. The highest BCUT2D eigenvalue weighted by Gasteiger charge is 2.62. The summed E-state index contributed by atoms with van der Waals surface area (Å²) in [6.45, 7) is 18.4. The third kappa shape index (κ3) is 5.86. The zero-order valence-electron chi connectivity index (χ0n) is 25.8. The van der Waals surface area contributed by atoms with E-state index in [4.69, 9.17) is 9.29 Å². The topological polar surface area (TPSA) is 130 Å². The van der Waals surface area contributed by atoms with Crippen molar-refractivity contribution in [1.82, 2.24) is 0 Å². The minimum atomic E-state index is -4.79. The van der Waals surface area contributed by atoms with Gasteiger partial charge in [0.1, 0.15) is 6.10 Å². The summed E-state index contributed by atoms with van der Waals surface area (Å²) in [5.41, 5.74) is 3.69. The molecule has 8 atom stereocenters. The number of carbonyl (C=O) groups excluding carboxylic acids is 1. The smallest absolute Gasteiger partial charge is 0.397 e. The van der Waals surface area contributed by atoms with E-state index in [1.165, 1.54) is 16.7 Å². The molecule has 1 fully saturated rings. The van der Waals surface area contributed by atoms with Crippen LogP contribution >= 0.6 is 0 Å². The van der Waals surface area contributed by atoms with E-state index in [2.05, 4.69) is 51.5 Å². The molecule has 0 spiro atoms. The van der Waals surface area contributed by atoms with Gasteiger partial charge in [0.25, 0.3) is 0 Å². The van der Waals surface area contributed by atoms with Gasteiger partial charge in [-0.3, -0.25) is 4.55 Å². The summed E-state index contributed by atoms with van der Waals surface area (Å²) in [5.74, 6) is 0.476. The molecule has 0 bridgehead atoms. The first kappa shape index (κ1) is 32.4. The molecule has 0 aliphatic heterocycles. The molecule has 8 nitrogen and oxygen atoms in total. The maximum absolute atomic E-state index is 12.4. The Hall–Kier alpha value is -1.52. The fraction of sp³-hybridized carbons (Fsp3) is 0.781. The van der Waals surface area contributed by atoms with Gasteiger partial charge in [0.15, 0.2) is 6.61 Å². The van der Waals surface area contributed by atoms with Gasteiger partial charge in [0.2, 0.25) is 0 Å². The highest BCUT2D eigenvalue weighted by Crippen LogP contribution is 2.67. The summed E-state index contributed by atoms with van der Waals surface area (Å²) in [7, 11) is -4.79. The van der Waals surface area contributed by atoms with E-state index in [0.717, 1.165) is 37.7 Å². The molecule has 0 heterocycles. The Morgan fingerprint density at radius 1 is 1.12 bits per heavy atom. The van der Waals surface area contributed by atoms with Crippen LogP contribution in [0.3, 0.4) is 0 Å². The maximum Gasteiger partial charge on any atom is 0.397 e. The van der Waals surface area contributed by atoms with Crippen molar-refractivity contribution in [3.63, 3.8) is 0 Å². The van der Waals surface area contributed by atoms with Crippen LogP contribution in [0.2, 0.25) is 0 Å². The first-order valence-electron chi connectivity index (χ1n) is 15.1. The second-order valence-corrected chi connectivity index (χ2v) is 15.6. The van der Waals surface area contributed by atoms with E-state index >= 15 is 0 Å². The molecule has 1 saturated carbocycles. The molecule has 0 amide bonds. The number of esters is 1. The van der Waals surface area contributed by atoms with Crippen molar-refractivity contribution in [3.05, 3.63) is 34.9 Å². The van der Waals surface area contributed by atoms with Crippen LogP contribution in [0.15, 0.2) is 34.9 Å². The predicted molar refractivity (Wildman–Crippen MR) is 157 cm³/mol. The Balaban J connectivity index is 1.58. The lowest BCUT2D eigenvalue weighted by molar-refractivity contribution is -0.196. The van der Waals surface area contributed by atoms with Crippen molar-refractivity contribution >= 4 is 16.4 Å². The Kier molecular flexibility index (Phi) is 8.85. The van der Waals surface area contributed by atoms with E-state index in [9.17, 15) is 23.4 Å². The average molecular weight is 595 g/mol. The Labute approximate surface area is 246 Å². The van der Waals surface area contributed by atoms with Crippen LogP contribution in [0.25, 0.3) is 0 Å². The van der Waals surface area contributed by atoms with Crippen molar-refractivity contribution in [2.45, 2.75) is 112 Å². The number of rotatable bonds is 9. The number of fused-ring (bicyclic) bond motifs is 4. The quantitative estimate of drug-likeness (QED) is 0.180. The lowest BCUT2D eigenvalue weighted by atomic mass is 9.45. The van der Waals surface area contributed by atoms with Crippen LogP contribution in [-0.2, 0) is 24.1 Å². The summed E-state index contributed by atoms with van der Waals surface area (Å²) in [6, 6.07) is 0. The lowest BCUT2D eigenvalue weighted by Crippen LogP contribution is -2.61. The third-order valence-electron chi connectivity index (χ3n) is 11.3. The third-order valence-corrected chi connectivity index (χ3v) is 11.7. The van der Waals surface area contributed by atoms with Crippen molar-refractivity contribution in [2.75, 3.05) is 6.61 Å². The summed E-state index contributed by atoms with van der Waals surface area (Å²) >= 11 is 0. The van der Waals surface area contributed by atoms with Gasteiger partial charge in [0.05, 0.1) is 12.2 Å². The SMILES string of the molecule is C=C(CC[C@@H](C)[C@H]1CC=C2C3=C([C@@H](O)C[C@@]21C)[C@@]1(C)C[C@@H](O)[C@H](OC(=O)COS(=O)(=O)O)C(C)(C)C1CC3)C(C)C. The van der Waals surface area contributed by atoms with Crippen LogP contribution in [-0.4, -0.2) is 54.1 Å². The molecule has 232 valence electrons. The molecule has 0 aromatic heterocycles. The molecular weight excluding hydrogens is 544 g/mol. The Bertz CT molecular complexity index is 1230. The minimum Gasteiger partial charge on any atom is -0.457 e. The fourth-order valence-electron chi connectivity index (χ4n) is 9.28. The van der Waals surface area contributed by atoms with Gasteiger partial charge in [0, 0.05) is 5.41 Å². The molecule has 3 N–H and O–H groups in total. The normalized spacial score (nSPS) is 37.1. The van der Waals surface area contributed by atoms with Crippen LogP contribution in [0.1, 0.15) is 93.4 Å². The van der Waals surface area contributed by atoms with Gasteiger partial charge in [-0.15, -0.1) is 0 Å². The van der Waals surface area contributed by atoms with E-state index in [0.29, 0.717) is 30.6 Å². The van der Waals surface area contributed by atoms with Gasteiger partial charge in [-0.1, -0.05) is 66.7 Å². The van der Waals surface area contributed by atoms with E-state index < -0.39 is 52.1 Å². The lowest BCUT2D eigenvalue weighted by Gasteiger charge is -2.61. The number of hydrogen-bond acceptors (Lipinski definition) is 7. The highest BCUT2D eigenvalue weighted by molar-refractivity contribution is 7.80. The number of allylic oxidation sites excluding steroid dienone is 4. The minimum absolute atomic E-state index is 0.00946. The summed E-state index contributed by atoms with van der Waals surface area (Å²) in [6.07, 6.45) is 5.60. The number of hydrogen-bond donors (Lipinski definition) is 3. The standard InChI is InChI=1S/C32H50O8S/c1-18(2)19(3)9-10-20(4)22-12-13-23-21-11-14-26-30(5,6)29(40-27(35)17-39-41(36,37)38)25(34)16-32(26,8)28(21)24(33)15-31(22,23)7/h13,18,20,22,24-26,29,33-34H,3,9-12,14-17H2,1-2,4-8H3,(H,36,37,38)/t20-,22-,24+,25-,26?,29+,31-,32+/m1/s1. The second-order valence-electron chi connectivity index (χ2n) is 14.5. The van der Waals surface area contributed by atoms with Gasteiger partial charge in [-0.25, -0.2) is 8.98 Å². The van der Waals surface area contributed by atoms with Gasteiger partial charge >= 0.3 is 16.4 Å². The molecule has 9 heteroatoms. The fourth-order valence-corrected chi connectivity index (χ4v) is 9.52. The van der Waals surface area contributed by atoms with Crippen molar-refractivity contribution in [1.29, 1.82) is 0 Å². The number of aliphatic hydroxyl groups is 2. The molecule has 0 aromatic carbocycles. The molecule has 1 unspecified atom stereocenters. The monoisotopic (exact) mass is 594 g/mol. The second kappa shape index (κ2) is 11.2. The van der Waals surface area contributed by atoms with Gasteiger partial charge in [-0.2, -0.15) is 8.42 Å². The Morgan fingerprint density at radius 2 is 1.78 bits per heavy atom. The van der Waals surface area contributed by atoms with Crippen LogP contribution in [0.4, 0.5) is 0 Å². The van der Waals surface area contributed by atoms with Crippen LogP contribution in [0, 0.1) is 39.9 Å². The number of carbonyl (C=O) groups is 1. The first-order chi connectivity index (χ1) is 18.8. The molecule has 0 radical (unpaired) electrons. The molecule has 4 aliphatic carbocycles. The zero-order valence-corrected chi connectivity index (χ0v) is 26.6. The van der Waals surface area contributed by atoms with Gasteiger partial charge < -0.3 is 14.9 Å². The Morgan fingerprint density at radius 3 is 2.39 bits per heavy atom. The van der Waals surface area contributed by atoms with Crippen molar-refractivity contribution < 1.29 is 36.9 Å². The summed E-state index contributed by atoms with van der Waals surface area (Å²) < 4.78 is 40.3. The zero-order chi connectivity index (χ0) is 30.7. The van der Waals surface area contributed by atoms with E-state index in [-0.39, 0.29) is 11.3 Å². The first-order valence-corrected chi connectivity index (χ1v) is 16.5. The highest BCUT2D eigenvalue weighted by atomic mass is 32.3.